The van der Waals surface area contributed by atoms with Crippen molar-refractivity contribution in [2.45, 2.75) is 53.0 Å². The molecule has 0 saturated heterocycles. The van der Waals surface area contributed by atoms with E-state index >= 15 is 4.79 Å². The maximum atomic E-state index is 15.3. The Hall–Kier alpha value is -5.41. The van der Waals surface area contributed by atoms with Crippen LogP contribution >= 0.6 is 12.2 Å². The number of carbonyl (C=O) groups is 1. The lowest BCUT2D eigenvalue weighted by atomic mass is 9.68. The quantitative estimate of drug-likeness (QED) is 0.102. The van der Waals surface area contributed by atoms with Gasteiger partial charge in [-0.3, -0.25) is 28.8 Å². The predicted octanol–water partition coefficient (Wildman–Crippen LogP) is 8.68. The summed E-state index contributed by atoms with van der Waals surface area (Å²) in [5.74, 6) is -0.609. The molecule has 0 fully saturated rings. The van der Waals surface area contributed by atoms with Crippen LogP contribution in [0.2, 0.25) is 0 Å². The van der Waals surface area contributed by atoms with Crippen LogP contribution in [0.4, 0.5) is 11.5 Å². The fourth-order valence-corrected chi connectivity index (χ4v) is 7.80. The van der Waals surface area contributed by atoms with Crippen molar-refractivity contribution in [3.63, 3.8) is 0 Å². The van der Waals surface area contributed by atoms with Crippen LogP contribution < -0.4 is 10.5 Å². The summed E-state index contributed by atoms with van der Waals surface area (Å²) in [5, 5.41) is 12.6. The number of nitrogens with zero attached hydrogens (tertiary/aromatic N) is 4. The van der Waals surface area contributed by atoms with E-state index in [4.69, 9.17) is 12.2 Å². The average Bonchev–Trinajstić information content (AvgIpc) is 3.05. The van der Waals surface area contributed by atoms with Crippen LogP contribution in [0.1, 0.15) is 60.4 Å². The van der Waals surface area contributed by atoms with Crippen molar-refractivity contribution in [2.75, 3.05) is 4.90 Å². The highest BCUT2D eigenvalue weighted by molar-refractivity contribution is 7.71. The molecule has 7 rings (SSSR count). The van der Waals surface area contributed by atoms with Crippen LogP contribution in [0.5, 0.6) is 0 Å². The highest BCUT2D eigenvalue weighted by atomic mass is 32.1. The maximum Gasteiger partial charge on any atom is 0.273 e. The molecular formula is C40H36N4O4S. The summed E-state index contributed by atoms with van der Waals surface area (Å²) in [6, 6.07) is 31.8. The van der Waals surface area contributed by atoms with Crippen molar-refractivity contribution in [1.82, 2.24) is 9.13 Å². The number of nitro groups is 1. The van der Waals surface area contributed by atoms with Gasteiger partial charge in [0.1, 0.15) is 5.82 Å². The molecule has 49 heavy (non-hydrogen) atoms. The Kier molecular flexibility index (Phi) is 8.03. The molecule has 0 radical (unpaired) electrons. The highest BCUT2D eigenvalue weighted by Gasteiger charge is 2.47. The van der Waals surface area contributed by atoms with E-state index in [1.807, 2.05) is 97.3 Å². The molecule has 1 aromatic heterocycles. The van der Waals surface area contributed by atoms with E-state index in [9.17, 15) is 14.9 Å². The first-order valence-electron chi connectivity index (χ1n) is 16.3. The standard InChI is InChI=1S/C40H36N4O4S/c1-25-12-10-16-28(20-25)42-37-36(38(46)43(39(42)49)29-17-11-13-26(2)21-29)34(30-18-8-9-19-31(30)44(47)48)35-32(22-40(3,4)23-33(35)45)41(37)24-27-14-6-5-7-15-27/h5-21,34H,22-24H2,1-4H3. The lowest BCUT2D eigenvalue weighted by Gasteiger charge is -2.45. The lowest BCUT2D eigenvalue weighted by Crippen LogP contribution is -2.44. The van der Waals surface area contributed by atoms with Gasteiger partial charge in [0.2, 0.25) is 0 Å². The van der Waals surface area contributed by atoms with Crippen LogP contribution in [0.15, 0.2) is 119 Å². The minimum atomic E-state index is -1.00. The van der Waals surface area contributed by atoms with Crippen molar-refractivity contribution >= 4 is 29.5 Å². The van der Waals surface area contributed by atoms with Gasteiger partial charge in [0.25, 0.3) is 11.2 Å². The third kappa shape index (κ3) is 5.64. The van der Waals surface area contributed by atoms with Gasteiger partial charge in [-0.15, -0.1) is 0 Å². The SMILES string of the molecule is Cc1cccc(-n2c3c(c(=O)n(-c4cccc(C)c4)c2=S)C(c2ccccc2[N+](=O)[O-])C2=C(CC(C)(C)CC2=O)N3Cc2ccccc2)c1. The Morgan fingerprint density at radius 3 is 2.06 bits per heavy atom. The van der Waals surface area contributed by atoms with E-state index in [1.54, 1.807) is 18.2 Å². The number of allylic oxidation sites excluding steroid dienone is 2. The number of fused-ring (bicyclic) bond motifs is 1. The first kappa shape index (κ1) is 32.2. The minimum Gasteiger partial charge on any atom is -0.326 e. The molecule has 4 aromatic carbocycles. The first-order valence-corrected chi connectivity index (χ1v) is 16.7. The Balaban J connectivity index is 1.71. The van der Waals surface area contributed by atoms with E-state index in [0.29, 0.717) is 35.6 Å². The van der Waals surface area contributed by atoms with Gasteiger partial charge in [-0.25, -0.2) is 0 Å². The maximum absolute atomic E-state index is 15.3. The molecule has 1 unspecified atom stereocenters. The number of Topliss-reactive ketones (excluding diaryl/α,β-unsaturated/α-hetero) is 1. The number of hydrogen-bond donors (Lipinski definition) is 0. The summed E-state index contributed by atoms with van der Waals surface area (Å²) in [7, 11) is 0. The van der Waals surface area contributed by atoms with Crippen molar-refractivity contribution in [2.24, 2.45) is 5.41 Å². The molecule has 0 N–H and O–H groups in total. The van der Waals surface area contributed by atoms with E-state index in [2.05, 4.69) is 18.7 Å². The number of para-hydroxylation sites is 1. The molecule has 1 aliphatic carbocycles. The van der Waals surface area contributed by atoms with Gasteiger partial charge in [0.15, 0.2) is 10.6 Å². The van der Waals surface area contributed by atoms with E-state index in [0.717, 1.165) is 28.1 Å². The fourth-order valence-electron chi connectivity index (χ4n) is 7.41. The number of carbonyl (C=O) groups excluding carboxylic acids is 1. The third-order valence-corrected chi connectivity index (χ3v) is 9.84. The molecule has 9 heteroatoms. The molecule has 2 heterocycles. The zero-order chi connectivity index (χ0) is 34.6. The van der Waals surface area contributed by atoms with Crippen LogP contribution in [0, 0.1) is 34.1 Å². The molecule has 8 nitrogen and oxygen atoms in total. The van der Waals surface area contributed by atoms with Crippen LogP contribution in [-0.4, -0.2) is 19.8 Å². The molecule has 0 saturated carbocycles. The Labute approximate surface area is 289 Å². The van der Waals surface area contributed by atoms with Gasteiger partial charge in [-0.05, 0) is 78.9 Å². The number of anilines is 1. The Morgan fingerprint density at radius 2 is 1.43 bits per heavy atom. The van der Waals surface area contributed by atoms with Crippen molar-refractivity contribution in [1.29, 1.82) is 0 Å². The minimum absolute atomic E-state index is 0.121. The monoisotopic (exact) mass is 668 g/mol. The average molecular weight is 669 g/mol. The van der Waals surface area contributed by atoms with Gasteiger partial charge in [0.05, 0.1) is 27.8 Å². The second kappa shape index (κ2) is 12.2. The molecule has 5 aromatic rings. The topological polar surface area (TPSA) is 90.4 Å². The Bertz CT molecular complexity index is 2320. The van der Waals surface area contributed by atoms with Crippen molar-refractivity contribution < 1.29 is 9.72 Å². The molecule has 0 bridgehead atoms. The summed E-state index contributed by atoms with van der Waals surface area (Å²) in [6.07, 6.45) is 0.777. The molecule has 0 spiro atoms. The number of rotatable bonds is 6. The fraction of sp³-hybridized carbons (Fsp3) is 0.225. The van der Waals surface area contributed by atoms with Crippen LogP contribution in [0.25, 0.3) is 11.4 Å². The zero-order valence-electron chi connectivity index (χ0n) is 27.8. The van der Waals surface area contributed by atoms with Crippen molar-refractivity contribution in [3.05, 3.63) is 167 Å². The van der Waals surface area contributed by atoms with E-state index < -0.39 is 21.8 Å². The second-order valence-corrected chi connectivity index (χ2v) is 14.2. The third-order valence-electron chi connectivity index (χ3n) is 9.47. The van der Waals surface area contributed by atoms with E-state index in [1.165, 1.54) is 10.6 Å². The van der Waals surface area contributed by atoms with Crippen LogP contribution in [-0.2, 0) is 11.3 Å². The molecule has 246 valence electrons. The smallest absolute Gasteiger partial charge is 0.273 e. The molecule has 2 aliphatic rings. The number of hydrogen-bond acceptors (Lipinski definition) is 6. The summed E-state index contributed by atoms with van der Waals surface area (Å²) in [4.78, 5) is 44.1. The number of aromatic nitrogens is 2. The Morgan fingerprint density at radius 1 is 0.816 bits per heavy atom. The summed E-state index contributed by atoms with van der Waals surface area (Å²) in [5.41, 5.74) is 5.03. The van der Waals surface area contributed by atoms with Crippen LogP contribution in [0.3, 0.4) is 0 Å². The second-order valence-electron chi connectivity index (χ2n) is 13.8. The number of nitro benzene ring substituents is 1. The highest BCUT2D eigenvalue weighted by Crippen LogP contribution is 2.53. The predicted molar refractivity (Wildman–Crippen MR) is 194 cm³/mol. The van der Waals surface area contributed by atoms with Gasteiger partial charge in [-0.1, -0.05) is 86.6 Å². The molecule has 0 amide bonds. The summed E-state index contributed by atoms with van der Waals surface area (Å²) < 4.78 is 3.68. The van der Waals surface area contributed by atoms with Gasteiger partial charge >= 0.3 is 0 Å². The number of benzene rings is 4. The summed E-state index contributed by atoms with van der Waals surface area (Å²) in [6.45, 7) is 8.42. The van der Waals surface area contributed by atoms with Gasteiger partial charge < -0.3 is 4.90 Å². The number of ketones is 1. The normalized spacial score (nSPS) is 16.7. The zero-order valence-corrected chi connectivity index (χ0v) is 28.7. The van der Waals surface area contributed by atoms with Crippen molar-refractivity contribution in [3.8, 4) is 11.4 Å². The van der Waals surface area contributed by atoms with Gasteiger partial charge in [0, 0.05) is 35.9 Å². The van der Waals surface area contributed by atoms with E-state index in [-0.39, 0.29) is 28.2 Å². The van der Waals surface area contributed by atoms with Gasteiger partial charge in [-0.2, -0.15) is 0 Å². The largest absolute Gasteiger partial charge is 0.326 e. The lowest BCUT2D eigenvalue weighted by molar-refractivity contribution is -0.385. The molecular weight excluding hydrogens is 633 g/mol. The molecule has 1 atom stereocenters. The molecule has 1 aliphatic heterocycles. The first-order chi connectivity index (χ1) is 23.4. The number of aryl methyl sites for hydroxylation is 2. The summed E-state index contributed by atoms with van der Waals surface area (Å²) >= 11 is 6.28.